The van der Waals surface area contributed by atoms with E-state index in [-0.39, 0.29) is 6.29 Å². The zero-order valence-electron chi connectivity index (χ0n) is 7.84. The summed E-state index contributed by atoms with van der Waals surface area (Å²) in [7, 11) is 0. The first-order chi connectivity index (χ1) is 5.81. The number of hydrogen-bond donors (Lipinski definition) is 0. The fourth-order valence-corrected chi connectivity index (χ4v) is 0.726. The molecule has 71 valence electrons. The number of unbranched alkanes of at least 4 members (excludes halogenated alkanes) is 1. The molecule has 0 amide bonds. The summed E-state index contributed by atoms with van der Waals surface area (Å²) in [4.78, 5) is 9.81. The molecule has 1 radical (unpaired) electrons. The van der Waals surface area contributed by atoms with E-state index >= 15 is 0 Å². The van der Waals surface area contributed by atoms with Crippen molar-refractivity contribution in [3.63, 3.8) is 0 Å². The fraction of sp³-hybridized carbons (Fsp3) is 0.889. The average molecular weight is 173 g/mol. The van der Waals surface area contributed by atoms with E-state index in [9.17, 15) is 4.79 Å². The summed E-state index contributed by atoms with van der Waals surface area (Å²) in [5.41, 5.74) is 0. The topological polar surface area (TPSA) is 35.5 Å². The molecule has 0 aliphatic carbocycles. The predicted molar refractivity (Wildman–Crippen MR) is 46.6 cm³/mol. The maximum atomic E-state index is 9.81. The normalized spacial score (nSPS) is 12.8. The van der Waals surface area contributed by atoms with Crippen LogP contribution in [0.1, 0.15) is 33.1 Å². The standard InChI is InChI=1S/C9H17O3/c1-3-7-11-9(2)12-8-5-4-6-10/h9H,3-5,7-8H2,1-2H3. The van der Waals surface area contributed by atoms with Gasteiger partial charge in [0.15, 0.2) is 12.6 Å². The molecule has 0 rings (SSSR count). The van der Waals surface area contributed by atoms with Crippen LogP contribution in [-0.2, 0) is 14.3 Å². The summed E-state index contributed by atoms with van der Waals surface area (Å²) in [6, 6.07) is 0. The first-order valence-corrected chi connectivity index (χ1v) is 4.39. The molecule has 0 N–H and O–H groups in total. The Balaban J connectivity index is 3.07. The van der Waals surface area contributed by atoms with Gasteiger partial charge >= 0.3 is 0 Å². The quantitative estimate of drug-likeness (QED) is 0.413. The van der Waals surface area contributed by atoms with Gasteiger partial charge in [-0.2, -0.15) is 0 Å². The Labute approximate surface area is 74.0 Å². The Bertz CT molecular complexity index is 104. The summed E-state index contributed by atoms with van der Waals surface area (Å²) in [6.45, 7) is 5.20. The van der Waals surface area contributed by atoms with Gasteiger partial charge in [-0.15, -0.1) is 0 Å². The minimum Gasteiger partial charge on any atom is -0.353 e. The number of ether oxygens (including phenoxy) is 2. The molecular weight excluding hydrogens is 156 g/mol. The van der Waals surface area contributed by atoms with Crippen LogP contribution in [0.5, 0.6) is 0 Å². The lowest BCUT2D eigenvalue weighted by atomic mass is 10.3. The summed E-state index contributed by atoms with van der Waals surface area (Å²) >= 11 is 0. The highest BCUT2D eigenvalue weighted by Crippen LogP contribution is 1.96. The van der Waals surface area contributed by atoms with Crippen molar-refractivity contribution in [2.24, 2.45) is 0 Å². The summed E-state index contributed by atoms with van der Waals surface area (Å²) in [6.07, 6.45) is 3.82. The highest BCUT2D eigenvalue weighted by atomic mass is 16.7. The van der Waals surface area contributed by atoms with E-state index < -0.39 is 0 Å². The lowest BCUT2D eigenvalue weighted by Gasteiger charge is -2.12. The third kappa shape index (κ3) is 7.69. The van der Waals surface area contributed by atoms with Gasteiger partial charge in [0.2, 0.25) is 0 Å². The average Bonchev–Trinajstić information content (AvgIpc) is 2.09. The second kappa shape index (κ2) is 8.68. The van der Waals surface area contributed by atoms with Crippen LogP contribution in [0.15, 0.2) is 0 Å². The van der Waals surface area contributed by atoms with E-state index in [1.54, 1.807) is 0 Å². The highest BCUT2D eigenvalue weighted by molar-refractivity contribution is 5.50. The van der Waals surface area contributed by atoms with Crippen LogP contribution in [-0.4, -0.2) is 25.8 Å². The minimum atomic E-state index is -0.156. The van der Waals surface area contributed by atoms with Crippen LogP contribution < -0.4 is 0 Å². The van der Waals surface area contributed by atoms with Crippen molar-refractivity contribution in [2.75, 3.05) is 13.2 Å². The van der Waals surface area contributed by atoms with Gasteiger partial charge < -0.3 is 9.47 Å². The van der Waals surface area contributed by atoms with Crippen molar-refractivity contribution in [2.45, 2.75) is 39.4 Å². The molecule has 0 fully saturated rings. The predicted octanol–water partition coefficient (Wildman–Crippen LogP) is 1.67. The molecule has 1 atom stereocenters. The molecule has 0 aliphatic heterocycles. The molecule has 12 heavy (non-hydrogen) atoms. The van der Waals surface area contributed by atoms with Gasteiger partial charge in [0.25, 0.3) is 0 Å². The molecule has 3 nitrogen and oxygen atoms in total. The molecule has 0 bridgehead atoms. The Morgan fingerprint density at radius 1 is 1.33 bits per heavy atom. The van der Waals surface area contributed by atoms with Gasteiger partial charge in [-0.1, -0.05) is 6.92 Å². The lowest BCUT2D eigenvalue weighted by Crippen LogP contribution is -2.14. The Morgan fingerprint density at radius 3 is 2.58 bits per heavy atom. The van der Waals surface area contributed by atoms with Crippen LogP contribution >= 0.6 is 0 Å². The molecule has 0 aliphatic rings. The van der Waals surface area contributed by atoms with Gasteiger partial charge in [0.1, 0.15) is 0 Å². The van der Waals surface area contributed by atoms with Crippen molar-refractivity contribution in [1.82, 2.24) is 0 Å². The number of rotatable bonds is 8. The number of carbonyl (C=O) groups excluding carboxylic acids is 1. The SMILES string of the molecule is CCCOC(C)OCCC[C]=O. The van der Waals surface area contributed by atoms with Crippen LogP contribution in [0.25, 0.3) is 0 Å². The van der Waals surface area contributed by atoms with E-state index in [0.29, 0.717) is 13.0 Å². The van der Waals surface area contributed by atoms with E-state index in [2.05, 4.69) is 0 Å². The molecule has 0 aromatic rings. The Morgan fingerprint density at radius 2 is 2.00 bits per heavy atom. The summed E-state index contributed by atoms with van der Waals surface area (Å²) in [5.74, 6) is 0. The molecule has 1 unspecified atom stereocenters. The molecule has 0 saturated carbocycles. The number of hydrogen-bond acceptors (Lipinski definition) is 3. The monoisotopic (exact) mass is 173 g/mol. The highest BCUT2D eigenvalue weighted by Gasteiger charge is 1.99. The van der Waals surface area contributed by atoms with Gasteiger partial charge in [0, 0.05) is 13.0 Å². The minimum absolute atomic E-state index is 0.156. The summed E-state index contributed by atoms with van der Waals surface area (Å²) in [5, 5.41) is 0. The molecule has 0 heterocycles. The van der Waals surface area contributed by atoms with E-state index in [1.165, 1.54) is 0 Å². The van der Waals surface area contributed by atoms with Crippen LogP contribution in [0.4, 0.5) is 0 Å². The molecule has 0 spiro atoms. The molecule has 3 heteroatoms. The van der Waals surface area contributed by atoms with E-state index in [1.807, 2.05) is 20.1 Å². The first-order valence-electron chi connectivity index (χ1n) is 4.39. The van der Waals surface area contributed by atoms with Crippen molar-refractivity contribution >= 4 is 6.29 Å². The van der Waals surface area contributed by atoms with Crippen LogP contribution in [0.3, 0.4) is 0 Å². The van der Waals surface area contributed by atoms with Crippen molar-refractivity contribution in [3.05, 3.63) is 0 Å². The smallest absolute Gasteiger partial charge is 0.198 e. The first kappa shape index (κ1) is 11.6. The largest absolute Gasteiger partial charge is 0.353 e. The maximum Gasteiger partial charge on any atom is 0.198 e. The van der Waals surface area contributed by atoms with Crippen LogP contribution in [0.2, 0.25) is 0 Å². The fourth-order valence-electron chi connectivity index (χ4n) is 0.726. The van der Waals surface area contributed by atoms with Crippen LogP contribution in [0, 0.1) is 0 Å². The zero-order chi connectivity index (χ0) is 9.23. The van der Waals surface area contributed by atoms with E-state index in [0.717, 1.165) is 19.4 Å². The maximum absolute atomic E-state index is 9.81. The van der Waals surface area contributed by atoms with Gasteiger partial charge in [0.05, 0.1) is 6.61 Å². The molecule has 0 aromatic carbocycles. The molecular formula is C9H17O3. The Hall–Kier alpha value is -0.410. The van der Waals surface area contributed by atoms with Crippen molar-refractivity contribution in [3.8, 4) is 0 Å². The van der Waals surface area contributed by atoms with Crippen molar-refractivity contribution in [1.29, 1.82) is 0 Å². The molecule has 0 aromatic heterocycles. The lowest BCUT2D eigenvalue weighted by molar-refractivity contribution is -0.130. The molecule has 0 saturated heterocycles. The third-order valence-corrected chi connectivity index (χ3v) is 1.33. The van der Waals surface area contributed by atoms with Crippen molar-refractivity contribution < 1.29 is 14.3 Å². The third-order valence-electron chi connectivity index (χ3n) is 1.33. The van der Waals surface area contributed by atoms with Gasteiger partial charge in [-0.3, -0.25) is 4.79 Å². The van der Waals surface area contributed by atoms with Gasteiger partial charge in [-0.25, -0.2) is 0 Å². The Kier molecular flexibility index (Phi) is 8.39. The van der Waals surface area contributed by atoms with Gasteiger partial charge in [-0.05, 0) is 19.8 Å². The van der Waals surface area contributed by atoms with E-state index in [4.69, 9.17) is 9.47 Å². The second-order valence-electron chi connectivity index (χ2n) is 2.56. The second-order valence-corrected chi connectivity index (χ2v) is 2.56. The zero-order valence-corrected chi connectivity index (χ0v) is 7.84. The summed E-state index contributed by atoms with van der Waals surface area (Å²) < 4.78 is 10.5.